The minimum atomic E-state index is -0.00328. The summed E-state index contributed by atoms with van der Waals surface area (Å²) in [5.41, 5.74) is 8.65. The molecule has 22 heavy (non-hydrogen) atoms. The molecule has 0 radical (unpaired) electrons. The third-order valence-corrected chi connectivity index (χ3v) is 4.04. The monoisotopic (exact) mass is 319 g/mol. The predicted octanol–water partition coefficient (Wildman–Crippen LogP) is 3.29. The van der Waals surface area contributed by atoms with Crippen LogP contribution in [0, 0.1) is 0 Å². The summed E-state index contributed by atoms with van der Waals surface area (Å²) in [6, 6.07) is 9.51. The average molecular weight is 320 g/mol. The molecule has 4 nitrogen and oxygen atoms in total. The molecule has 1 unspecified atom stereocenters. The topological polar surface area (TPSA) is 53.7 Å². The second kappa shape index (κ2) is 6.07. The van der Waals surface area contributed by atoms with Gasteiger partial charge in [0.15, 0.2) is 0 Å². The molecule has 0 aromatic heterocycles. The molecular weight excluding hydrogens is 302 g/mol. The Kier molecular flexibility index (Phi) is 4.14. The first-order chi connectivity index (χ1) is 10.7. The lowest BCUT2D eigenvalue weighted by molar-refractivity contribution is 0.242. The second-order valence-electron chi connectivity index (χ2n) is 5.19. The Bertz CT molecular complexity index is 703. The van der Waals surface area contributed by atoms with Crippen LogP contribution in [0.5, 0.6) is 17.2 Å². The molecule has 2 N–H and O–H groups in total. The van der Waals surface area contributed by atoms with Crippen molar-refractivity contribution in [3.8, 4) is 28.4 Å². The molecular formula is C17H18ClNO3. The first kappa shape index (κ1) is 15.0. The third kappa shape index (κ3) is 2.60. The maximum Gasteiger partial charge on any atom is 0.131 e. The fourth-order valence-electron chi connectivity index (χ4n) is 2.75. The summed E-state index contributed by atoms with van der Waals surface area (Å²) in [4.78, 5) is 0. The van der Waals surface area contributed by atoms with E-state index in [1.165, 1.54) is 0 Å². The van der Waals surface area contributed by atoms with E-state index in [9.17, 15) is 0 Å². The summed E-state index contributed by atoms with van der Waals surface area (Å²) in [7, 11) is 3.26. The fraction of sp³-hybridized carbons (Fsp3) is 0.294. The fourth-order valence-corrected chi connectivity index (χ4v) is 2.99. The smallest absolute Gasteiger partial charge is 0.131 e. The van der Waals surface area contributed by atoms with E-state index >= 15 is 0 Å². The molecule has 2 aromatic rings. The van der Waals surface area contributed by atoms with E-state index < -0.39 is 0 Å². The van der Waals surface area contributed by atoms with Crippen LogP contribution in [0.1, 0.15) is 5.56 Å². The Labute approximate surface area is 134 Å². The van der Waals surface area contributed by atoms with Crippen LogP contribution in [0.15, 0.2) is 30.3 Å². The van der Waals surface area contributed by atoms with Crippen molar-refractivity contribution in [3.05, 3.63) is 40.9 Å². The minimum Gasteiger partial charge on any atom is -0.497 e. The summed E-state index contributed by atoms with van der Waals surface area (Å²) in [6.07, 6.45) is 0.772. The van der Waals surface area contributed by atoms with Crippen molar-refractivity contribution in [2.45, 2.75) is 12.5 Å². The molecule has 2 aromatic carbocycles. The van der Waals surface area contributed by atoms with Crippen LogP contribution < -0.4 is 19.9 Å². The Morgan fingerprint density at radius 3 is 2.68 bits per heavy atom. The Morgan fingerprint density at radius 1 is 1.18 bits per heavy atom. The van der Waals surface area contributed by atoms with Gasteiger partial charge < -0.3 is 19.9 Å². The zero-order valence-corrected chi connectivity index (χ0v) is 13.3. The molecule has 5 heteroatoms. The van der Waals surface area contributed by atoms with Gasteiger partial charge in [0.2, 0.25) is 0 Å². The normalized spacial score (nSPS) is 16.1. The molecule has 1 heterocycles. The molecule has 1 aliphatic heterocycles. The van der Waals surface area contributed by atoms with Gasteiger partial charge in [-0.2, -0.15) is 0 Å². The number of rotatable bonds is 4. The number of halogens is 1. The lowest BCUT2D eigenvalue weighted by Crippen LogP contribution is -2.24. The molecule has 1 aliphatic rings. The molecule has 0 amide bonds. The van der Waals surface area contributed by atoms with Crippen LogP contribution in [0.2, 0.25) is 5.02 Å². The van der Waals surface area contributed by atoms with E-state index in [2.05, 4.69) is 0 Å². The van der Waals surface area contributed by atoms with Crippen LogP contribution >= 0.6 is 11.6 Å². The highest BCUT2D eigenvalue weighted by Crippen LogP contribution is 2.44. The molecule has 0 fully saturated rings. The number of ether oxygens (including phenoxy) is 3. The maximum atomic E-state index is 6.27. The SMILES string of the molecule is COc1ccc(-c2cc(Cl)cc3c2OC(CN)C3)c(OC)c1. The van der Waals surface area contributed by atoms with Crippen LogP contribution in [-0.2, 0) is 6.42 Å². The van der Waals surface area contributed by atoms with E-state index in [0.29, 0.717) is 17.3 Å². The molecule has 3 rings (SSSR count). The standard InChI is InChI=1S/C17H18ClNO3/c1-20-12-3-4-14(16(8-12)21-2)15-7-11(18)5-10-6-13(9-19)22-17(10)15/h3-5,7-8,13H,6,9,19H2,1-2H3. The highest BCUT2D eigenvalue weighted by Gasteiger charge is 2.26. The molecule has 0 aliphatic carbocycles. The maximum absolute atomic E-state index is 6.27. The molecule has 0 saturated carbocycles. The highest BCUT2D eigenvalue weighted by molar-refractivity contribution is 6.31. The number of fused-ring (bicyclic) bond motifs is 1. The van der Waals surface area contributed by atoms with E-state index in [-0.39, 0.29) is 6.10 Å². The van der Waals surface area contributed by atoms with Crippen LogP contribution in [0.25, 0.3) is 11.1 Å². The summed E-state index contributed by atoms with van der Waals surface area (Å²) in [5.74, 6) is 2.28. The number of nitrogens with two attached hydrogens (primary N) is 1. The summed E-state index contributed by atoms with van der Waals surface area (Å²) in [5, 5.41) is 0.674. The number of benzene rings is 2. The zero-order valence-electron chi connectivity index (χ0n) is 12.6. The van der Waals surface area contributed by atoms with E-state index in [1.54, 1.807) is 14.2 Å². The van der Waals surface area contributed by atoms with Gasteiger partial charge in [-0.15, -0.1) is 0 Å². The first-order valence-electron chi connectivity index (χ1n) is 7.07. The number of methoxy groups -OCH3 is 2. The van der Waals surface area contributed by atoms with Gasteiger partial charge in [-0.25, -0.2) is 0 Å². The van der Waals surface area contributed by atoms with Crippen LogP contribution in [0.3, 0.4) is 0 Å². The number of hydrogen-bond donors (Lipinski definition) is 1. The summed E-state index contributed by atoms with van der Waals surface area (Å²) < 4.78 is 16.7. The molecule has 1 atom stereocenters. The van der Waals surface area contributed by atoms with Gasteiger partial charge in [0, 0.05) is 35.2 Å². The molecule has 116 valence electrons. The minimum absolute atomic E-state index is 0.00328. The predicted molar refractivity (Wildman–Crippen MR) is 87.2 cm³/mol. The van der Waals surface area contributed by atoms with Crippen molar-refractivity contribution in [1.29, 1.82) is 0 Å². The zero-order chi connectivity index (χ0) is 15.7. The van der Waals surface area contributed by atoms with Gasteiger partial charge in [0.05, 0.1) is 14.2 Å². The molecule has 0 bridgehead atoms. The van der Waals surface area contributed by atoms with Crippen molar-refractivity contribution in [2.75, 3.05) is 20.8 Å². The van der Waals surface area contributed by atoms with Crippen molar-refractivity contribution in [3.63, 3.8) is 0 Å². The van der Waals surface area contributed by atoms with E-state index in [0.717, 1.165) is 34.6 Å². The van der Waals surface area contributed by atoms with Gasteiger partial charge in [-0.05, 0) is 29.8 Å². The second-order valence-corrected chi connectivity index (χ2v) is 5.62. The van der Waals surface area contributed by atoms with Crippen molar-refractivity contribution >= 4 is 11.6 Å². The Morgan fingerprint density at radius 2 is 2.00 bits per heavy atom. The lowest BCUT2D eigenvalue weighted by atomic mass is 9.99. The van der Waals surface area contributed by atoms with E-state index in [4.69, 9.17) is 31.5 Å². The molecule has 0 spiro atoms. The largest absolute Gasteiger partial charge is 0.497 e. The quantitative estimate of drug-likeness (QED) is 0.939. The Hall–Kier alpha value is -1.91. The number of hydrogen-bond acceptors (Lipinski definition) is 4. The van der Waals surface area contributed by atoms with Crippen molar-refractivity contribution in [1.82, 2.24) is 0 Å². The van der Waals surface area contributed by atoms with Crippen molar-refractivity contribution in [2.24, 2.45) is 5.73 Å². The van der Waals surface area contributed by atoms with Gasteiger partial charge in [0.25, 0.3) is 0 Å². The molecule has 0 saturated heterocycles. The van der Waals surface area contributed by atoms with Gasteiger partial charge in [-0.3, -0.25) is 0 Å². The highest BCUT2D eigenvalue weighted by atomic mass is 35.5. The van der Waals surface area contributed by atoms with Gasteiger partial charge in [0.1, 0.15) is 23.4 Å². The summed E-state index contributed by atoms with van der Waals surface area (Å²) in [6.45, 7) is 0.478. The Balaban J connectivity index is 2.14. The van der Waals surface area contributed by atoms with Gasteiger partial charge in [-0.1, -0.05) is 11.6 Å². The van der Waals surface area contributed by atoms with Gasteiger partial charge >= 0.3 is 0 Å². The summed E-state index contributed by atoms with van der Waals surface area (Å²) >= 11 is 6.27. The third-order valence-electron chi connectivity index (χ3n) is 3.82. The van der Waals surface area contributed by atoms with Crippen LogP contribution in [-0.4, -0.2) is 26.9 Å². The first-order valence-corrected chi connectivity index (χ1v) is 7.45. The average Bonchev–Trinajstić information content (AvgIpc) is 2.96. The lowest BCUT2D eigenvalue weighted by Gasteiger charge is -2.15. The van der Waals surface area contributed by atoms with E-state index in [1.807, 2.05) is 30.3 Å². The van der Waals surface area contributed by atoms with Crippen molar-refractivity contribution < 1.29 is 14.2 Å². The van der Waals surface area contributed by atoms with Crippen LogP contribution in [0.4, 0.5) is 0 Å².